The van der Waals surface area contributed by atoms with Gasteiger partial charge in [-0.05, 0) is 36.8 Å². The number of halogens is 1. The number of nitro benzene ring substituents is 1. The predicted molar refractivity (Wildman–Crippen MR) is 98.0 cm³/mol. The number of nitrogens with zero attached hydrogens (tertiary/aromatic N) is 1. The van der Waals surface area contributed by atoms with Gasteiger partial charge >= 0.3 is 6.03 Å². The van der Waals surface area contributed by atoms with Crippen molar-refractivity contribution in [1.82, 2.24) is 10.6 Å². The van der Waals surface area contributed by atoms with Crippen LogP contribution in [0.3, 0.4) is 0 Å². The molecule has 2 aromatic carbocycles. The Labute approximate surface area is 150 Å². The molecule has 3 N–H and O–H groups in total. The summed E-state index contributed by atoms with van der Waals surface area (Å²) in [5.41, 5.74) is 1.75. The second kappa shape index (κ2) is 8.89. The van der Waals surface area contributed by atoms with Gasteiger partial charge in [0.05, 0.1) is 11.0 Å². The summed E-state index contributed by atoms with van der Waals surface area (Å²) in [6.07, 6.45) is 0. The molecule has 0 saturated heterocycles. The van der Waals surface area contributed by atoms with Gasteiger partial charge in [-0.15, -0.1) is 0 Å². The van der Waals surface area contributed by atoms with Crippen molar-refractivity contribution in [2.75, 3.05) is 18.4 Å². The largest absolute Gasteiger partial charge is 0.383 e. The number of benzene rings is 2. The first-order valence-corrected chi connectivity index (χ1v) is 8.11. The average Bonchev–Trinajstić information content (AvgIpc) is 2.59. The van der Waals surface area contributed by atoms with Crippen LogP contribution in [0.25, 0.3) is 0 Å². The summed E-state index contributed by atoms with van der Waals surface area (Å²) in [6, 6.07) is 13.0. The van der Waals surface area contributed by atoms with E-state index in [0.29, 0.717) is 18.1 Å². The Bertz CT molecular complexity index is 720. The van der Waals surface area contributed by atoms with Crippen molar-refractivity contribution in [3.8, 4) is 0 Å². The molecule has 132 valence electrons. The highest BCUT2D eigenvalue weighted by Gasteiger charge is 2.09. The van der Waals surface area contributed by atoms with Crippen LogP contribution in [0.1, 0.15) is 18.5 Å². The number of carbonyl (C=O) groups excluding carboxylic acids is 1. The number of rotatable bonds is 7. The first-order valence-electron chi connectivity index (χ1n) is 7.74. The second-order valence-corrected chi connectivity index (χ2v) is 5.84. The summed E-state index contributed by atoms with van der Waals surface area (Å²) >= 11 is 5.84. The fourth-order valence-corrected chi connectivity index (χ4v) is 2.29. The molecule has 0 radical (unpaired) electrons. The first kappa shape index (κ1) is 18.5. The van der Waals surface area contributed by atoms with E-state index < -0.39 is 4.92 Å². The number of urea groups is 1. The number of hydrogen-bond donors (Lipinski definition) is 3. The van der Waals surface area contributed by atoms with Crippen LogP contribution in [0.4, 0.5) is 16.2 Å². The van der Waals surface area contributed by atoms with E-state index in [2.05, 4.69) is 16.0 Å². The number of nitrogens with one attached hydrogen (secondary N) is 3. The maximum absolute atomic E-state index is 11.9. The Morgan fingerprint density at radius 2 is 1.76 bits per heavy atom. The summed E-state index contributed by atoms with van der Waals surface area (Å²) in [7, 11) is 0. The fourth-order valence-electron chi connectivity index (χ4n) is 2.17. The zero-order chi connectivity index (χ0) is 18.2. The van der Waals surface area contributed by atoms with Crippen molar-refractivity contribution in [3.05, 3.63) is 69.2 Å². The molecule has 2 amide bonds. The van der Waals surface area contributed by atoms with Crippen LogP contribution in [0.5, 0.6) is 0 Å². The topological polar surface area (TPSA) is 96.3 Å². The minimum atomic E-state index is -0.447. The molecule has 2 rings (SSSR count). The molecule has 0 fully saturated rings. The molecule has 0 aliphatic carbocycles. The lowest BCUT2D eigenvalue weighted by molar-refractivity contribution is -0.384. The van der Waals surface area contributed by atoms with Gasteiger partial charge in [-0.1, -0.05) is 23.7 Å². The van der Waals surface area contributed by atoms with Gasteiger partial charge in [0.1, 0.15) is 0 Å². The first-order chi connectivity index (χ1) is 12.0. The van der Waals surface area contributed by atoms with Gasteiger partial charge in [0, 0.05) is 35.9 Å². The number of nitro groups is 1. The molecule has 0 bridgehead atoms. The molecule has 0 aliphatic heterocycles. The van der Waals surface area contributed by atoms with Crippen LogP contribution in [-0.2, 0) is 0 Å². The Balaban J connectivity index is 1.69. The van der Waals surface area contributed by atoms with E-state index in [-0.39, 0.29) is 17.8 Å². The van der Waals surface area contributed by atoms with Crippen LogP contribution >= 0.6 is 11.6 Å². The predicted octanol–water partition coefficient (Wildman–Crippen LogP) is 3.72. The highest BCUT2D eigenvalue weighted by Crippen LogP contribution is 2.16. The summed E-state index contributed by atoms with van der Waals surface area (Å²) in [5, 5.41) is 19.9. The van der Waals surface area contributed by atoms with Crippen molar-refractivity contribution < 1.29 is 9.72 Å². The van der Waals surface area contributed by atoms with Crippen molar-refractivity contribution in [3.63, 3.8) is 0 Å². The van der Waals surface area contributed by atoms with E-state index in [1.54, 1.807) is 24.3 Å². The Morgan fingerprint density at radius 1 is 1.12 bits per heavy atom. The van der Waals surface area contributed by atoms with E-state index in [1.807, 2.05) is 19.1 Å². The molecular formula is C17H19ClN4O3. The van der Waals surface area contributed by atoms with Crippen molar-refractivity contribution in [2.45, 2.75) is 13.0 Å². The quantitative estimate of drug-likeness (QED) is 0.397. The zero-order valence-corrected chi connectivity index (χ0v) is 14.4. The SMILES string of the molecule is C[C@H](NC(=O)NCCNc1ccc([N+](=O)[O-])cc1)c1ccc(Cl)cc1. The second-order valence-electron chi connectivity index (χ2n) is 5.40. The maximum Gasteiger partial charge on any atom is 0.315 e. The molecule has 0 spiro atoms. The molecule has 0 aromatic heterocycles. The molecule has 8 heteroatoms. The molecular weight excluding hydrogens is 344 g/mol. The monoisotopic (exact) mass is 362 g/mol. The summed E-state index contributed by atoms with van der Waals surface area (Å²) in [4.78, 5) is 22.0. The number of carbonyl (C=O) groups is 1. The van der Waals surface area contributed by atoms with Crippen LogP contribution in [0.2, 0.25) is 5.02 Å². The number of anilines is 1. The van der Waals surface area contributed by atoms with E-state index in [0.717, 1.165) is 11.3 Å². The zero-order valence-electron chi connectivity index (χ0n) is 13.7. The molecule has 0 heterocycles. The lowest BCUT2D eigenvalue weighted by atomic mass is 10.1. The molecule has 0 saturated carbocycles. The third-order valence-electron chi connectivity index (χ3n) is 3.54. The number of hydrogen-bond acceptors (Lipinski definition) is 4. The lowest BCUT2D eigenvalue weighted by Crippen LogP contribution is -2.39. The van der Waals surface area contributed by atoms with E-state index >= 15 is 0 Å². The molecule has 0 aliphatic rings. The molecule has 2 aromatic rings. The van der Waals surface area contributed by atoms with E-state index in [4.69, 9.17) is 11.6 Å². The summed E-state index contributed by atoms with van der Waals surface area (Å²) < 4.78 is 0. The highest BCUT2D eigenvalue weighted by atomic mass is 35.5. The minimum Gasteiger partial charge on any atom is -0.383 e. The maximum atomic E-state index is 11.9. The van der Waals surface area contributed by atoms with Gasteiger partial charge in [-0.2, -0.15) is 0 Å². The van der Waals surface area contributed by atoms with Gasteiger partial charge in [-0.3, -0.25) is 10.1 Å². The van der Waals surface area contributed by atoms with Crippen LogP contribution in [-0.4, -0.2) is 24.0 Å². The lowest BCUT2D eigenvalue weighted by Gasteiger charge is -2.15. The van der Waals surface area contributed by atoms with Gasteiger partial charge in [0.15, 0.2) is 0 Å². The van der Waals surface area contributed by atoms with Gasteiger partial charge in [0.25, 0.3) is 5.69 Å². The minimum absolute atomic E-state index is 0.0410. The van der Waals surface area contributed by atoms with Gasteiger partial charge in [0.2, 0.25) is 0 Å². The Hall–Kier alpha value is -2.80. The molecule has 25 heavy (non-hydrogen) atoms. The van der Waals surface area contributed by atoms with E-state index in [9.17, 15) is 14.9 Å². The number of amides is 2. The van der Waals surface area contributed by atoms with Crippen LogP contribution in [0, 0.1) is 10.1 Å². The smallest absolute Gasteiger partial charge is 0.315 e. The number of non-ortho nitro benzene ring substituents is 1. The standard InChI is InChI=1S/C17H19ClN4O3/c1-12(13-2-4-14(18)5-3-13)21-17(23)20-11-10-19-15-6-8-16(9-7-15)22(24)25/h2-9,12,19H,10-11H2,1H3,(H2,20,21,23)/t12-/m0/s1. The normalized spacial score (nSPS) is 11.4. The summed E-state index contributed by atoms with van der Waals surface area (Å²) in [6.45, 7) is 2.80. The van der Waals surface area contributed by atoms with Crippen LogP contribution in [0.15, 0.2) is 48.5 Å². The van der Waals surface area contributed by atoms with Crippen molar-refractivity contribution in [2.24, 2.45) is 0 Å². The third kappa shape index (κ3) is 5.96. The van der Waals surface area contributed by atoms with Gasteiger partial charge in [-0.25, -0.2) is 4.79 Å². The van der Waals surface area contributed by atoms with Crippen LogP contribution < -0.4 is 16.0 Å². The Kier molecular flexibility index (Phi) is 6.59. The molecule has 1 atom stereocenters. The highest BCUT2D eigenvalue weighted by molar-refractivity contribution is 6.30. The molecule has 0 unspecified atom stereocenters. The van der Waals surface area contributed by atoms with E-state index in [1.165, 1.54) is 12.1 Å². The third-order valence-corrected chi connectivity index (χ3v) is 3.79. The van der Waals surface area contributed by atoms with Crippen molar-refractivity contribution in [1.29, 1.82) is 0 Å². The Morgan fingerprint density at radius 3 is 2.36 bits per heavy atom. The fraction of sp³-hybridized carbons (Fsp3) is 0.235. The van der Waals surface area contributed by atoms with Gasteiger partial charge < -0.3 is 16.0 Å². The van der Waals surface area contributed by atoms with Crippen molar-refractivity contribution >= 4 is 29.0 Å². The average molecular weight is 363 g/mol. The molecule has 7 nitrogen and oxygen atoms in total. The summed E-state index contributed by atoms with van der Waals surface area (Å²) in [5.74, 6) is 0.